The van der Waals surface area contributed by atoms with E-state index in [1.165, 1.54) is 6.07 Å². The second kappa shape index (κ2) is 3.45. The first-order chi connectivity index (χ1) is 6.63. The smallest absolute Gasteiger partial charge is 0.192 e. The van der Waals surface area contributed by atoms with Crippen molar-refractivity contribution in [3.05, 3.63) is 27.0 Å². The van der Waals surface area contributed by atoms with Crippen LogP contribution in [0, 0.1) is 16.4 Å². The quantitative estimate of drug-likeness (QED) is 0.598. The Hall–Kier alpha value is -0.720. The van der Waals surface area contributed by atoms with Gasteiger partial charge in [-0.25, -0.2) is 13.9 Å². The summed E-state index contributed by atoms with van der Waals surface area (Å²) in [5.41, 5.74) is 1.19. The van der Waals surface area contributed by atoms with E-state index in [1.807, 2.05) is 13.8 Å². The molecule has 0 radical (unpaired) electrons. The Morgan fingerprint density at radius 2 is 2.29 bits per heavy atom. The van der Waals surface area contributed by atoms with E-state index in [2.05, 4.69) is 32.7 Å². The van der Waals surface area contributed by atoms with Gasteiger partial charge in [-0.3, -0.25) is 0 Å². The Bertz CT molecular complexity index is 492. The zero-order valence-electron chi connectivity index (χ0n) is 7.88. The van der Waals surface area contributed by atoms with Crippen molar-refractivity contribution < 1.29 is 4.39 Å². The van der Waals surface area contributed by atoms with Gasteiger partial charge in [-0.05, 0) is 41.1 Å². The van der Waals surface area contributed by atoms with Gasteiger partial charge in [0.1, 0.15) is 3.70 Å². The van der Waals surface area contributed by atoms with Gasteiger partial charge in [0.15, 0.2) is 17.3 Å². The van der Waals surface area contributed by atoms with Crippen LogP contribution in [0.15, 0.2) is 6.07 Å². The highest BCUT2D eigenvalue weighted by molar-refractivity contribution is 14.1. The van der Waals surface area contributed by atoms with Gasteiger partial charge in [0.05, 0.1) is 0 Å². The molecule has 0 amide bonds. The van der Waals surface area contributed by atoms with Gasteiger partial charge >= 0.3 is 0 Å². The fraction of sp³-hybridized carbons (Fsp3) is 0.333. The molecule has 0 saturated heterocycles. The SMILES string of the molecule is CCc1nc2c(F)cc(C)c(I)n2n1. The molecule has 5 heteroatoms. The van der Waals surface area contributed by atoms with Crippen LogP contribution in [0.3, 0.4) is 0 Å². The second-order valence-electron chi connectivity index (χ2n) is 3.08. The Morgan fingerprint density at radius 1 is 1.57 bits per heavy atom. The third kappa shape index (κ3) is 1.39. The van der Waals surface area contributed by atoms with Crippen molar-refractivity contribution in [1.29, 1.82) is 0 Å². The monoisotopic (exact) mass is 305 g/mol. The Labute approximate surface area is 94.5 Å². The molecule has 2 aromatic rings. The molecule has 0 spiro atoms. The first-order valence-electron chi connectivity index (χ1n) is 4.33. The average Bonchev–Trinajstić information content (AvgIpc) is 2.58. The van der Waals surface area contributed by atoms with Crippen molar-refractivity contribution in [2.75, 3.05) is 0 Å². The van der Waals surface area contributed by atoms with Crippen LogP contribution >= 0.6 is 22.6 Å². The lowest BCUT2D eigenvalue weighted by molar-refractivity contribution is 0.624. The first kappa shape index (κ1) is 9.82. The van der Waals surface area contributed by atoms with E-state index < -0.39 is 0 Å². The number of aromatic nitrogens is 3. The average molecular weight is 305 g/mol. The summed E-state index contributed by atoms with van der Waals surface area (Å²) in [7, 11) is 0. The van der Waals surface area contributed by atoms with Crippen molar-refractivity contribution in [2.45, 2.75) is 20.3 Å². The molecule has 0 aliphatic heterocycles. The van der Waals surface area contributed by atoms with Crippen LogP contribution in [-0.4, -0.2) is 14.6 Å². The van der Waals surface area contributed by atoms with Crippen molar-refractivity contribution in [1.82, 2.24) is 14.6 Å². The molecule has 0 bridgehead atoms. The molecular formula is C9H9FIN3. The van der Waals surface area contributed by atoms with Gasteiger partial charge < -0.3 is 0 Å². The van der Waals surface area contributed by atoms with Crippen LogP contribution in [0.2, 0.25) is 0 Å². The minimum absolute atomic E-state index is 0.310. The number of hydrogen-bond donors (Lipinski definition) is 0. The van der Waals surface area contributed by atoms with Crippen LogP contribution in [0.1, 0.15) is 18.3 Å². The minimum atomic E-state index is -0.310. The second-order valence-corrected chi connectivity index (χ2v) is 4.10. The van der Waals surface area contributed by atoms with Crippen molar-refractivity contribution in [3.63, 3.8) is 0 Å². The normalized spacial score (nSPS) is 11.1. The molecule has 0 aromatic carbocycles. The topological polar surface area (TPSA) is 30.2 Å². The Balaban J connectivity index is 2.84. The third-order valence-corrected chi connectivity index (χ3v) is 3.34. The van der Waals surface area contributed by atoms with Crippen LogP contribution in [0.4, 0.5) is 4.39 Å². The van der Waals surface area contributed by atoms with Gasteiger partial charge in [-0.15, -0.1) is 0 Å². The molecule has 3 nitrogen and oxygen atoms in total. The molecule has 2 aromatic heterocycles. The van der Waals surface area contributed by atoms with E-state index in [0.717, 1.165) is 15.7 Å². The zero-order valence-corrected chi connectivity index (χ0v) is 10.0. The molecule has 0 saturated carbocycles. The number of pyridine rings is 1. The number of halogens is 2. The van der Waals surface area contributed by atoms with E-state index in [9.17, 15) is 4.39 Å². The number of nitrogens with zero attached hydrogens (tertiary/aromatic N) is 3. The van der Waals surface area contributed by atoms with E-state index in [1.54, 1.807) is 4.52 Å². The lowest BCUT2D eigenvalue weighted by Gasteiger charge is -2.00. The van der Waals surface area contributed by atoms with E-state index >= 15 is 0 Å². The summed E-state index contributed by atoms with van der Waals surface area (Å²) >= 11 is 2.14. The van der Waals surface area contributed by atoms with Crippen molar-refractivity contribution >= 4 is 28.2 Å². The molecule has 0 N–H and O–H groups in total. The highest BCUT2D eigenvalue weighted by Gasteiger charge is 2.11. The maximum atomic E-state index is 13.5. The Kier molecular flexibility index (Phi) is 2.42. The molecule has 0 unspecified atom stereocenters. The molecular weight excluding hydrogens is 296 g/mol. The highest BCUT2D eigenvalue weighted by Crippen LogP contribution is 2.16. The predicted molar refractivity (Wildman–Crippen MR) is 59.8 cm³/mol. The lowest BCUT2D eigenvalue weighted by atomic mass is 10.3. The first-order valence-corrected chi connectivity index (χ1v) is 5.41. The third-order valence-electron chi connectivity index (χ3n) is 2.04. The van der Waals surface area contributed by atoms with Crippen molar-refractivity contribution in [2.24, 2.45) is 0 Å². The summed E-state index contributed by atoms with van der Waals surface area (Å²) in [6.45, 7) is 3.81. The Morgan fingerprint density at radius 3 is 2.93 bits per heavy atom. The number of aryl methyl sites for hydroxylation is 2. The van der Waals surface area contributed by atoms with Gasteiger partial charge in [-0.2, -0.15) is 5.10 Å². The largest absolute Gasteiger partial charge is 0.209 e. The van der Waals surface area contributed by atoms with Crippen LogP contribution in [0.5, 0.6) is 0 Å². The summed E-state index contributed by atoms with van der Waals surface area (Å²) < 4.78 is 15.9. The van der Waals surface area contributed by atoms with E-state index in [-0.39, 0.29) is 5.82 Å². The molecule has 14 heavy (non-hydrogen) atoms. The summed E-state index contributed by atoms with van der Waals surface area (Å²) in [6.07, 6.45) is 0.718. The zero-order chi connectivity index (χ0) is 10.3. The fourth-order valence-corrected chi connectivity index (χ4v) is 1.77. The maximum absolute atomic E-state index is 13.5. The molecule has 0 aliphatic rings. The van der Waals surface area contributed by atoms with Crippen LogP contribution in [0.25, 0.3) is 5.65 Å². The molecule has 0 atom stereocenters. The lowest BCUT2D eigenvalue weighted by Crippen LogP contribution is -1.99. The summed E-state index contributed by atoms with van der Waals surface area (Å²) in [4.78, 5) is 4.10. The number of hydrogen-bond acceptors (Lipinski definition) is 2. The van der Waals surface area contributed by atoms with Gasteiger partial charge in [0.25, 0.3) is 0 Å². The van der Waals surface area contributed by atoms with Crippen LogP contribution < -0.4 is 0 Å². The minimum Gasteiger partial charge on any atom is -0.209 e. The van der Waals surface area contributed by atoms with Gasteiger partial charge in [-0.1, -0.05) is 6.92 Å². The highest BCUT2D eigenvalue weighted by atomic mass is 127. The molecule has 74 valence electrons. The molecule has 0 aliphatic carbocycles. The van der Waals surface area contributed by atoms with E-state index in [0.29, 0.717) is 11.5 Å². The van der Waals surface area contributed by atoms with Crippen molar-refractivity contribution in [3.8, 4) is 0 Å². The summed E-state index contributed by atoms with van der Waals surface area (Å²) in [5.74, 6) is 0.363. The summed E-state index contributed by atoms with van der Waals surface area (Å²) in [6, 6.07) is 1.49. The summed E-state index contributed by atoms with van der Waals surface area (Å²) in [5, 5.41) is 4.21. The molecule has 0 fully saturated rings. The van der Waals surface area contributed by atoms with Gasteiger partial charge in [0.2, 0.25) is 0 Å². The number of fused-ring (bicyclic) bond motifs is 1. The molecule has 2 rings (SSSR count). The maximum Gasteiger partial charge on any atom is 0.192 e. The predicted octanol–water partition coefficient (Wildman–Crippen LogP) is 2.34. The van der Waals surface area contributed by atoms with E-state index in [4.69, 9.17) is 0 Å². The fourth-order valence-electron chi connectivity index (χ4n) is 1.28. The van der Waals surface area contributed by atoms with Gasteiger partial charge in [0, 0.05) is 6.42 Å². The van der Waals surface area contributed by atoms with Crippen LogP contribution in [-0.2, 0) is 6.42 Å². The number of rotatable bonds is 1. The standard InChI is InChI=1S/C9H9FIN3/c1-3-7-12-9-6(10)4-5(2)8(11)14(9)13-7/h4H,3H2,1-2H3. The molecule has 2 heterocycles.